The molecule has 4 nitrogen and oxygen atoms in total. The molecule has 0 aromatic heterocycles. The summed E-state index contributed by atoms with van der Waals surface area (Å²) in [5.41, 5.74) is 5.33. The van der Waals surface area contributed by atoms with E-state index in [-0.39, 0.29) is 23.9 Å². The van der Waals surface area contributed by atoms with Crippen molar-refractivity contribution in [2.45, 2.75) is 25.1 Å². The predicted molar refractivity (Wildman–Crippen MR) is 93.2 cm³/mol. The van der Waals surface area contributed by atoms with Crippen molar-refractivity contribution in [3.8, 4) is 11.1 Å². The number of benzene rings is 2. The van der Waals surface area contributed by atoms with Crippen LogP contribution in [-0.4, -0.2) is 23.8 Å². The Labute approximate surface area is 149 Å². The van der Waals surface area contributed by atoms with Crippen LogP contribution in [0.3, 0.4) is 0 Å². The van der Waals surface area contributed by atoms with E-state index in [1.165, 1.54) is 24.1 Å². The largest absolute Gasteiger partial charge is 0.417 e. The molecule has 2 aromatic carbocycles. The first kappa shape index (κ1) is 18.0. The van der Waals surface area contributed by atoms with Crippen molar-refractivity contribution in [2.24, 2.45) is 10.7 Å². The molecule has 1 heterocycles. The quantitative estimate of drug-likeness (QED) is 0.885. The summed E-state index contributed by atoms with van der Waals surface area (Å²) in [5.74, 6) is -0.106. The van der Waals surface area contributed by atoms with Crippen LogP contribution in [0.2, 0.25) is 0 Å². The minimum absolute atomic E-state index is 0.0849. The molecule has 0 saturated carbocycles. The van der Waals surface area contributed by atoms with E-state index >= 15 is 0 Å². The van der Waals surface area contributed by atoms with Gasteiger partial charge in [-0.1, -0.05) is 36.4 Å². The molecule has 2 N–H and O–H groups in total. The van der Waals surface area contributed by atoms with Crippen molar-refractivity contribution in [3.05, 3.63) is 59.7 Å². The third-order valence-corrected chi connectivity index (χ3v) is 4.60. The molecule has 0 spiro atoms. The van der Waals surface area contributed by atoms with E-state index in [9.17, 15) is 18.0 Å². The third kappa shape index (κ3) is 3.16. The molecular weight excluding hydrogens is 343 g/mol. The maximum atomic E-state index is 13.3. The van der Waals surface area contributed by atoms with Crippen molar-refractivity contribution < 1.29 is 18.0 Å². The first-order valence-corrected chi connectivity index (χ1v) is 8.01. The number of guanidine groups is 1. The van der Waals surface area contributed by atoms with Crippen LogP contribution in [0.15, 0.2) is 53.5 Å². The summed E-state index contributed by atoms with van der Waals surface area (Å²) in [6.07, 6.45) is -4.36. The highest BCUT2D eigenvalue weighted by Gasteiger charge is 2.37. The Morgan fingerprint density at radius 1 is 1.15 bits per heavy atom. The zero-order chi connectivity index (χ0) is 19.1. The van der Waals surface area contributed by atoms with Crippen LogP contribution >= 0.6 is 0 Å². The average Bonchev–Trinajstić information content (AvgIpc) is 2.59. The van der Waals surface area contributed by atoms with Gasteiger partial charge in [0.2, 0.25) is 5.91 Å². The van der Waals surface area contributed by atoms with Gasteiger partial charge in [-0.25, -0.2) is 4.99 Å². The van der Waals surface area contributed by atoms with E-state index in [1.54, 1.807) is 37.3 Å². The molecule has 1 aliphatic heterocycles. The summed E-state index contributed by atoms with van der Waals surface area (Å²) in [6.45, 7) is 1.75. The molecule has 2 aromatic rings. The first-order chi connectivity index (χ1) is 12.1. The second kappa shape index (κ2) is 6.16. The maximum Gasteiger partial charge on any atom is 0.417 e. The molecule has 1 unspecified atom stereocenters. The third-order valence-electron chi connectivity index (χ3n) is 4.60. The number of alkyl halides is 3. The number of rotatable bonds is 2. The van der Waals surface area contributed by atoms with Gasteiger partial charge in [-0.15, -0.1) is 0 Å². The number of carbonyl (C=O) groups excluding carboxylic acids is 1. The first-order valence-electron chi connectivity index (χ1n) is 8.01. The standard InChI is InChI=1S/C19H18F3N3O/c1-18(11-16(26)25(2)17(23)24-18)13-7-5-6-12(10-13)14-8-3-4-9-15(14)19(20,21)22/h3-10H,11H2,1-2H3,(H2,23,24). The molecule has 0 fully saturated rings. The van der Waals surface area contributed by atoms with Gasteiger partial charge in [-0.3, -0.25) is 9.69 Å². The number of nitrogens with zero attached hydrogens (tertiary/aromatic N) is 2. The van der Waals surface area contributed by atoms with Gasteiger partial charge < -0.3 is 5.73 Å². The van der Waals surface area contributed by atoms with Crippen LogP contribution in [0.5, 0.6) is 0 Å². The van der Waals surface area contributed by atoms with Crippen LogP contribution in [0.25, 0.3) is 11.1 Å². The lowest BCUT2D eigenvalue weighted by Crippen LogP contribution is -2.47. The number of nitrogens with two attached hydrogens (primary N) is 1. The van der Waals surface area contributed by atoms with Gasteiger partial charge in [-0.05, 0) is 35.7 Å². The Kier molecular flexibility index (Phi) is 4.26. The molecule has 26 heavy (non-hydrogen) atoms. The molecule has 0 radical (unpaired) electrons. The summed E-state index contributed by atoms with van der Waals surface area (Å²) in [7, 11) is 1.54. The van der Waals surface area contributed by atoms with Gasteiger partial charge in [0.15, 0.2) is 5.96 Å². The highest BCUT2D eigenvalue weighted by molar-refractivity contribution is 5.98. The molecule has 0 aliphatic carbocycles. The summed E-state index contributed by atoms with van der Waals surface area (Å²) >= 11 is 0. The van der Waals surface area contributed by atoms with E-state index < -0.39 is 17.3 Å². The average molecular weight is 361 g/mol. The van der Waals surface area contributed by atoms with Crippen molar-refractivity contribution in [3.63, 3.8) is 0 Å². The molecule has 0 saturated heterocycles. The Balaban J connectivity index is 2.10. The van der Waals surface area contributed by atoms with E-state index in [0.717, 1.165) is 6.07 Å². The highest BCUT2D eigenvalue weighted by atomic mass is 19.4. The maximum absolute atomic E-state index is 13.3. The topological polar surface area (TPSA) is 58.7 Å². The minimum atomic E-state index is -4.46. The van der Waals surface area contributed by atoms with Crippen molar-refractivity contribution in [1.29, 1.82) is 0 Å². The zero-order valence-electron chi connectivity index (χ0n) is 14.3. The van der Waals surface area contributed by atoms with E-state index in [1.807, 2.05) is 0 Å². The molecule has 1 atom stereocenters. The van der Waals surface area contributed by atoms with Crippen molar-refractivity contribution in [2.75, 3.05) is 7.05 Å². The molecule has 1 aliphatic rings. The van der Waals surface area contributed by atoms with Crippen molar-refractivity contribution in [1.82, 2.24) is 4.90 Å². The SMILES string of the molecule is CN1C(=O)CC(C)(c2cccc(-c3ccccc3C(F)(F)F)c2)N=C1N. The lowest BCUT2D eigenvalue weighted by Gasteiger charge is -2.33. The molecule has 0 bridgehead atoms. The predicted octanol–water partition coefficient (Wildman–Crippen LogP) is 3.76. The number of hydrogen-bond donors (Lipinski definition) is 1. The van der Waals surface area contributed by atoms with E-state index in [2.05, 4.69) is 4.99 Å². The molecule has 1 amide bonds. The lowest BCUT2D eigenvalue weighted by molar-refractivity contribution is -0.137. The van der Waals surface area contributed by atoms with Gasteiger partial charge in [0.25, 0.3) is 0 Å². The molecule has 7 heteroatoms. The molecule has 136 valence electrons. The van der Waals surface area contributed by atoms with Gasteiger partial charge in [0.1, 0.15) is 0 Å². The lowest BCUT2D eigenvalue weighted by atomic mass is 9.85. The van der Waals surface area contributed by atoms with Gasteiger partial charge in [0.05, 0.1) is 17.5 Å². The minimum Gasteiger partial charge on any atom is -0.369 e. The normalized spacial score (nSPS) is 20.9. The number of hydrogen-bond acceptors (Lipinski definition) is 3. The summed E-state index contributed by atoms with van der Waals surface area (Å²) in [5, 5.41) is 0. The molecular formula is C19H18F3N3O. The van der Waals surface area contributed by atoms with Crippen LogP contribution in [0, 0.1) is 0 Å². The summed E-state index contributed by atoms with van der Waals surface area (Å²) in [4.78, 5) is 17.8. The number of carbonyl (C=O) groups is 1. The van der Waals surface area contributed by atoms with Crippen molar-refractivity contribution >= 4 is 11.9 Å². The monoisotopic (exact) mass is 361 g/mol. The second-order valence-corrected chi connectivity index (χ2v) is 6.50. The number of amides is 1. The van der Waals surface area contributed by atoms with E-state index in [4.69, 9.17) is 5.73 Å². The fraction of sp³-hybridized carbons (Fsp3) is 0.263. The van der Waals surface area contributed by atoms with Crippen LogP contribution < -0.4 is 5.73 Å². The number of aliphatic imine (C=N–C) groups is 1. The van der Waals surface area contributed by atoms with Crippen LogP contribution in [-0.2, 0) is 16.5 Å². The Morgan fingerprint density at radius 2 is 1.85 bits per heavy atom. The number of halogens is 3. The van der Waals surface area contributed by atoms with Gasteiger partial charge in [-0.2, -0.15) is 13.2 Å². The Hall–Kier alpha value is -2.83. The Bertz CT molecular complexity index is 892. The van der Waals surface area contributed by atoms with Gasteiger partial charge in [0, 0.05) is 7.05 Å². The van der Waals surface area contributed by atoms with E-state index in [0.29, 0.717) is 11.1 Å². The summed E-state index contributed by atoms with van der Waals surface area (Å²) in [6, 6.07) is 12.1. The van der Waals surface area contributed by atoms with Crippen LogP contribution in [0.1, 0.15) is 24.5 Å². The Morgan fingerprint density at radius 3 is 2.50 bits per heavy atom. The van der Waals surface area contributed by atoms with Gasteiger partial charge >= 0.3 is 6.18 Å². The second-order valence-electron chi connectivity index (χ2n) is 6.50. The highest BCUT2D eigenvalue weighted by Crippen LogP contribution is 2.39. The van der Waals surface area contributed by atoms with Crippen LogP contribution in [0.4, 0.5) is 13.2 Å². The smallest absolute Gasteiger partial charge is 0.369 e. The zero-order valence-corrected chi connectivity index (χ0v) is 14.3. The summed E-state index contributed by atoms with van der Waals surface area (Å²) < 4.78 is 40.0. The molecule has 3 rings (SSSR count). The fourth-order valence-corrected chi connectivity index (χ4v) is 3.08. The fourth-order valence-electron chi connectivity index (χ4n) is 3.08.